The Bertz CT molecular complexity index is 532. The van der Waals surface area contributed by atoms with Crippen molar-refractivity contribution in [1.29, 1.82) is 0 Å². The zero-order valence-corrected chi connectivity index (χ0v) is 17.2. The minimum Gasteiger partial charge on any atom is -0.204 e. The van der Waals surface area contributed by atoms with E-state index in [1.807, 2.05) is 0 Å². The molecule has 1 aromatic rings. The lowest BCUT2D eigenvalue weighted by molar-refractivity contribution is 0.161. The molecule has 2 aliphatic rings. The molecule has 4 heteroatoms. The highest BCUT2D eigenvalue weighted by Gasteiger charge is 2.32. The van der Waals surface area contributed by atoms with Gasteiger partial charge in [0, 0.05) is 10.2 Å². The van der Waals surface area contributed by atoms with Gasteiger partial charge >= 0.3 is 0 Å². The first kappa shape index (κ1) is 18.8. The van der Waals surface area contributed by atoms with E-state index in [9.17, 15) is 8.78 Å². The molecule has 0 saturated heterocycles. The second-order valence-electron chi connectivity index (χ2n) is 7.63. The van der Waals surface area contributed by atoms with Crippen LogP contribution in [0.1, 0.15) is 62.8 Å². The van der Waals surface area contributed by atoms with Crippen LogP contribution >= 0.6 is 31.9 Å². The van der Waals surface area contributed by atoms with Gasteiger partial charge in [-0.3, -0.25) is 0 Å². The van der Waals surface area contributed by atoms with E-state index in [0.717, 1.165) is 41.5 Å². The molecule has 134 valence electrons. The van der Waals surface area contributed by atoms with Crippen LogP contribution in [-0.4, -0.2) is 10.2 Å². The van der Waals surface area contributed by atoms with Gasteiger partial charge in [0.1, 0.15) is 0 Å². The highest BCUT2D eigenvalue weighted by atomic mass is 79.9. The predicted molar refractivity (Wildman–Crippen MR) is 103 cm³/mol. The summed E-state index contributed by atoms with van der Waals surface area (Å²) in [7, 11) is 0. The van der Waals surface area contributed by atoms with Gasteiger partial charge in [-0.15, -0.1) is 0 Å². The molecule has 2 fully saturated rings. The van der Waals surface area contributed by atoms with E-state index in [0.29, 0.717) is 10.7 Å². The molecule has 1 atom stereocenters. The predicted octanol–water partition coefficient (Wildman–Crippen LogP) is 7.20. The molecule has 0 nitrogen and oxygen atoms in total. The Kier molecular flexibility index (Phi) is 6.76. The van der Waals surface area contributed by atoms with Crippen LogP contribution in [-0.2, 0) is 0 Å². The Hall–Kier alpha value is 0.0400. The minimum atomic E-state index is -0.738. The molecule has 0 aromatic heterocycles. The van der Waals surface area contributed by atoms with Crippen molar-refractivity contribution in [3.05, 3.63) is 35.4 Å². The Balaban J connectivity index is 1.50. The van der Waals surface area contributed by atoms with Crippen LogP contribution in [0, 0.1) is 29.4 Å². The van der Waals surface area contributed by atoms with Crippen LogP contribution in [0.4, 0.5) is 8.78 Å². The molecule has 1 unspecified atom stereocenters. The molecule has 0 spiro atoms. The summed E-state index contributed by atoms with van der Waals surface area (Å²) < 4.78 is 26.6. The van der Waals surface area contributed by atoms with Crippen LogP contribution in [0.15, 0.2) is 18.2 Å². The fourth-order valence-electron chi connectivity index (χ4n) is 4.79. The number of alkyl halides is 2. The average Bonchev–Trinajstić information content (AvgIpc) is 2.63. The smallest absolute Gasteiger partial charge is 0.159 e. The first-order chi connectivity index (χ1) is 11.6. The average molecular weight is 464 g/mol. The molecular weight excluding hydrogens is 438 g/mol. The van der Waals surface area contributed by atoms with Crippen molar-refractivity contribution in [3.8, 4) is 0 Å². The van der Waals surface area contributed by atoms with Gasteiger partial charge in [-0.1, -0.05) is 37.9 Å². The van der Waals surface area contributed by atoms with Crippen LogP contribution in [0.25, 0.3) is 0 Å². The van der Waals surface area contributed by atoms with E-state index in [2.05, 4.69) is 31.9 Å². The summed E-state index contributed by atoms with van der Waals surface area (Å²) >= 11 is 7.38. The van der Waals surface area contributed by atoms with Crippen molar-refractivity contribution in [3.63, 3.8) is 0 Å². The topological polar surface area (TPSA) is 0 Å². The van der Waals surface area contributed by atoms with Gasteiger partial charge in [-0.2, -0.15) is 0 Å². The summed E-state index contributed by atoms with van der Waals surface area (Å²) in [6.45, 7) is 0. The van der Waals surface area contributed by atoms with Gasteiger partial charge in [0.15, 0.2) is 11.6 Å². The van der Waals surface area contributed by atoms with Crippen LogP contribution in [0.5, 0.6) is 0 Å². The Morgan fingerprint density at radius 2 is 1.46 bits per heavy atom. The SMILES string of the molecule is Fc1ccc(C2CCC(C3CCC(C(Br)CBr)CC3)CC2)cc1F. The second-order valence-corrected chi connectivity index (χ2v) is 9.45. The summed E-state index contributed by atoms with van der Waals surface area (Å²) in [5.41, 5.74) is 0.982. The number of hydrogen-bond donors (Lipinski definition) is 0. The maximum Gasteiger partial charge on any atom is 0.159 e. The number of halogens is 4. The summed E-state index contributed by atoms with van der Waals surface area (Å²) in [5.74, 6) is 1.50. The maximum absolute atomic E-state index is 13.5. The first-order valence-electron chi connectivity index (χ1n) is 9.23. The van der Waals surface area contributed by atoms with Crippen LogP contribution < -0.4 is 0 Å². The molecular formula is C20H26Br2F2. The lowest BCUT2D eigenvalue weighted by atomic mass is 9.68. The third-order valence-corrected chi connectivity index (χ3v) is 8.97. The fraction of sp³-hybridized carbons (Fsp3) is 0.700. The number of hydrogen-bond acceptors (Lipinski definition) is 0. The van der Waals surface area contributed by atoms with Gasteiger partial charge < -0.3 is 0 Å². The third kappa shape index (κ3) is 4.41. The monoisotopic (exact) mass is 462 g/mol. The zero-order valence-electron chi connectivity index (χ0n) is 14.0. The van der Waals surface area contributed by atoms with Gasteiger partial charge in [0.2, 0.25) is 0 Å². The molecule has 24 heavy (non-hydrogen) atoms. The summed E-state index contributed by atoms with van der Waals surface area (Å²) in [6.07, 6.45) is 10.1. The van der Waals surface area contributed by atoms with E-state index in [1.165, 1.54) is 50.7 Å². The number of rotatable bonds is 4. The molecule has 1 aromatic carbocycles. The highest BCUT2D eigenvalue weighted by Crippen LogP contribution is 2.45. The van der Waals surface area contributed by atoms with E-state index in [1.54, 1.807) is 6.07 Å². The minimum absolute atomic E-state index is 0.410. The molecule has 0 heterocycles. The Morgan fingerprint density at radius 1 is 0.875 bits per heavy atom. The van der Waals surface area contributed by atoms with Crippen molar-refractivity contribution in [2.45, 2.75) is 62.1 Å². The third-order valence-electron chi connectivity index (χ3n) is 6.33. The standard InChI is InChI=1S/C20H26Br2F2/c21-12-18(22)16-7-5-14(6-8-16)13-1-3-15(4-2-13)17-9-10-19(23)20(24)11-17/h9-11,13-16,18H,1-8,12H2. The lowest BCUT2D eigenvalue weighted by Gasteiger charge is -2.38. The van der Waals surface area contributed by atoms with E-state index < -0.39 is 11.6 Å². The van der Waals surface area contributed by atoms with Crippen molar-refractivity contribution in [1.82, 2.24) is 0 Å². The first-order valence-corrected chi connectivity index (χ1v) is 11.3. The molecule has 0 radical (unpaired) electrons. The van der Waals surface area contributed by atoms with E-state index >= 15 is 0 Å². The van der Waals surface area contributed by atoms with E-state index in [4.69, 9.17) is 0 Å². The summed E-state index contributed by atoms with van der Waals surface area (Å²) in [5, 5.41) is 1.04. The van der Waals surface area contributed by atoms with Gasteiger partial charge in [-0.25, -0.2) is 8.78 Å². The quantitative estimate of drug-likeness (QED) is 0.414. The fourth-order valence-corrected chi connectivity index (χ4v) is 5.85. The lowest BCUT2D eigenvalue weighted by Crippen LogP contribution is -2.28. The number of benzene rings is 1. The normalized spacial score (nSPS) is 32.5. The van der Waals surface area contributed by atoms with Gasteiger partial charge in [0.25, 0.3) is 0 Å². The maximum atomic E-state index is 13.5. The van der Waals surface area contributed by atoms with Crippen molar-refractivity contribution < 1.29 is 8.78 Å². The summed E-state index contributed by atoms with van der Waals surface area (Å²) in [6, 6.07) is 4.45. The largest absolute Gasteiger partial charge is 0.204 e. The van der Waals surface area contributed by atoms with Gasteiger partial charge in [0.05, 0.1) is 0 Å². The molecule has 0 amide bonds. The van der Waals surface area contributed by atoms with Gasteiger partial charge in [-0.05, 0) is 92.7 Å². The van der Waals surface area contributed by atoms with Crippen molar-refractivity contribution in [2.24, 2.45) is 17.8 Å². The van der Waals surface area contributed by atoms with Crippen molar-refractivity contribution in [2.75, 3.05) is 5.33 Å². The molecule has 0 aliphatic heterocycles. The highest BCUT2D eigenvalue weighted by molar-refractivity contribution is 9.12. The second kappa shape index (κ2) is 8.62. The van der Waals surface area contributed by atoms with E-state index in [-0.39, 0.29) is 0 Å². The van der Waals surface area contributed by atoms with Crippen molar-refractivity contribution >= 4 is 31.9 Å². The van der Waals surface area contributed by atoms with Crippen LogP contribution in [0.3, 0.4) is 0 Å². The Labute approximate surface area is 161 Å². The molecule has 2 saturated carbocycles. The Morgan fingerprint density at radius 3 is 2.00 bits per heavy atom. The molecule has 0 N–H and O–H groups in total. The molecule has 2 aliphatic carbocycles. The zero-order chi connectivity index (χ0) is 17.1. The van der Waals surface area contributed by atoms with Crippen LogP contribution in [0.2, 0.25) is 0 Å². The summed E-state index contributed by atoms with van der Waals surface area (Å²) in [4.78, 5) is 0.613. The molecule has 3 rings (SSSR count). The molecule has 0 bridgehead atoms.